The lowest BCUT2D eigenvalue weighted by Crippen LogP contribution is -2.43. The molecule has 2 aliphatic rings. The number of hydrogen-bond donors (Lipinski definition) is 0. The molecule has 174 valence electrons. The van der Waals surface area contributed by atoms with E-state index in [-0.39, 0.29) is 30.2 Å². The summed E-state index contributed by atoms with van der Waals surface area (Å²) in [7, 11) is 0. The second-order valence-corrected chi connectivity index (χ2v) is 8.34. The molecule has 1 saturated heterocycles. The van der Waals surface area contributed by atoms with Crippen molar-refractivity contribution in [2.24, 2.45) is 11.0 Å². The number of halogens is 2. The molecular weight excluding hydrogens is 428 g/mol. The number of esters is 1. The molecule has 0 unspecified atom stereocenters. The predicted octanol–water partition coefficient (Wildman–Crippen LogP) is 3.92. The third-order valence-corrected chi connectivity index (χ3v) is 6.17. The molecular formula is C25H27F2N3O3. The summed E-state index contributed by atoms with van der Waals surface area (Å²) in [5.74, 6) is -1.32. The van der Waals surface area contributed by atoms with Crippen LogP contribution in [0.1, 0.15) is 43.4 Å². The Kier molecular flexibility index (Phi) is 7.13. The van der Waals surface area contributed by atoms with Crippen molar-refractivity contribution in [1.29, 1.82) is 0 Å². The summed E-state index contributed by atoms with van der Waals surface area (Å²) in [6, 6.07) is 11.7. The topological polar surface area (TPSA) is 62.2 Å². The lowest BCUT2D eigenvalue weighted by Gasteiger charge is -2.32. The Labute approximate surface area is 191 Å². The Morgan fingerprint density at radius 1 is 1.06 bits per heavy atom. The van der Waals surface area contributed by atoms with Gasteiger partial charge in [-0.1, -0.05) is 30.3 Å². The second kappa shape index (κ2) is 10.2. The van der Waals surface area contributed by atoms with Gasteiger partial charge in [-0.2, -0.15) is 5.10 Å². The van der Waals surface area contributed by atoms with Gasteiger partial charge in [0.2, 0.25) is 0 Å². The van der Waals surface area contributed by atoms with E-state index in [1.54, 1.807) is 37.3 Å². The van der Waals surface area contributed by atoms with Gasteiger partial charge in [0.25, 0.3) is 5.91 Å². The average molecular weight is 456 g/mol. The molecule has 1 amide bonds. The van der Waals surface area contributed by atoms with E-state index in [9.17, 15) is 18.4 Å². The van der Waals surface area contributed by atoms with Crippen LogP contribution < -0.4 is 0 Å². The highest BCUT2D eigenvalue weighted by Crippen LogP contribution is 2.34. The highest BCUT2D eigenvalue weighted by atomic mass is 19.1. The Morgan fingerprint density at radius 2 is 1.76 bits per heavy atom. The minimum atomic E-state index is -0.573. The van der Waals surface area contributed by atoms with E-state index < -0.39 is 11.9 Å². The molecule has 4 rings (SSSR count). The number of piperidine rings is 1. The first kappa shape index (κ1) is 23.0. The predicted molar refractivity (Wildman–Crippen MR) is 119 cm³/mol. The van der Waals surface area contributed by atoms with Crippen molar-refractivity contribution >= 4 is 17.6 Å². The first-order chi connectivity index (χ1) is 16.0. The van der Waals surface area contributed by atoms with Crippen LogP contribution in [0.15, 0.2) is 53.6 Å². The zero-order chi connectivity index (χ0) is 23.4. The van der Waals surface area contributed by atoms with Gasteiger partial charge in [-0.15, -0.1) is 0 Å². The SMILES string of the molecule is CCOC(=O)C1CCN(CC(=O)N2N=C(c3ccc(F)cc3)C[C@@H]2c2ccccc2F)CC1. The molecule has 0 aromatic heterocycles. The third-order valence-electron chi connectivity index (χ3n) is 6.17. The van der Waals surface area contributed by atoms with Crippen LogP contribution in [0.4, 0.5) is 8.78 Å². The summed E-state index contributed by atoms with van der Waals surface area (Å²) in [6.07, 6.45) is 1.60. The molecule has 0 saturated carbocycles. The number of amides is 1. The summed E-state index contributed by atoms with van der Waals surface area (Å²) in [5, 5.41) is 5.89. The van der Waals surface area contributed by atoms with Crippen LogP contribution in [-0.2, 0) is 14.3 Å². The van der Waals surface area contributed by atoms with E-state index in [0.717, 1.165) is 0 Å². The number of benzene rings is 2. The van der Waals surface area contributed by atoms with Gasteiger partial charge in [-0.25, -0.2) is 13.8 Å². The van der Waals surface area contributed by atoms with Gasteiger partial charge >= 0.3 is 5.97 Å². The molecule has 0 spiro atoms. The lowest BCUT2D eigenvalue weighted by molar-refractivity contribution is -0.149. The zero-order valence-corrected chi connectivity index (χ0v) is 18.5. The van der Waals surface area contributed by atoms with Crippen LogP contribution in [0.3, 0.4) is 0 Å². The Bertz CT molecular complexity index is 1030. The highest BCUT2D eigenvalue weighted by molar-refractivity contribution is 6.03. The Hall–Kier alpha value is -3.13. The quantitative estimate of drug-likeness (QED) is 0.620. The van der Waals surface area contributed by atoms with Gasteiger partial charge in [-0.05, 0) is 56.6 Å². The number of carbonyl (C=O) groups excluding carboxylic acids is 2. The molecule has 0 aliphatic carbocycles. The smallest absolute Gasteiger partial charge is 0.309 e. The van der Waals surface area contributed by atoms with Crippen LogP contribution >= 0.6 is 0 Å². The Balaban J connectivity index is 1.49. The van der Waals surface area contributed by atoms with E-state index >= 15 is 0 Å². The third kappa shape index (κ3) is 5.27. The number of ether oxygens (including phenoxy) is 1. The summed E-state index contributed by atoms with van der Waals surface area (Å²) in [4.78, 5) is 27.2. The van der Waals surface area contributed by atoms with Gasteiger partial charge in [0.05, 0.1) is 30.8 Å². The molecule has 0 bridgehead atoms. The lowest BCUT2D eigenvalue weighted by atomic mass is 9.96. The van der Waals surface area contributed by atoms with Gasteiger partial charge in [0.1, 0.15) is 11.6 Å². The van der Waals surface area contributed by atoms with Crippen molar-refractivity contribution in [3.05, 3.63) is 71.3 Å². The average Bonchev–Trinajstić information content (AvgIpc) is 3.26. The molecule has 6 nitrogen and oxygen atoms in total. The van der Waals surface area contributed by atoms with Crippen LogP contribution in [0.25, 0.3) is 0 Å². The van der Waals surface area contributed by atoms with Crippen LogP contribution in [0.2, 0.25) is 0 Å². The minimum absolute atomic E-state index is 0.126. The maximum Gasteiger partial charge on any atom is 0.309 e. The fourth-order valence-corrected chi connectivity index (χ4v) is 4.40. The van der Waals surface area contributed by atoms with E-state index in [1.807, 2.05) is 4.90 Å². The molecule has 0 radical (unpaired) electrons. The maximum absolute atomic E-state index is 14.6. The standard InChI is InChI=1S/C25H27F2N3O3/c1-2-33-25(32)18-11-13-29(14-12-18)16-24(31)30-23(20-5-3-4-6-21(20)27)15-22(28-30)17-7-9-19(26)10-8-17/h3-10,18,23H,2,11-16H2,1H3/t23-/m1/s1. The van der Waals surface area contributed by atoms with Crippen molar-refractivity contribution in [2.45, 2.75) is 32.2 Å². The van der Waals surface area contributed by atoms with Crippen molar-refractivity contribution in [3.8, 4) is 0 Å². The number of nitrogens with zero attached hydrogens (tertiary/aromatic N) is 3. The first-order valence-electron chi connectivity index (χ1n) is 11.2. The fraction of sp³-hybridized carbons (Fsp3) is 0.400. The van der Waals surface area contributed by atoms with E-state index in [0.29, 0.717) is 55.8 Å². The molecule has 2 aromatic carbocycles. The van der Waals surface area contributed by atoms with Crippen molar-refractivity contribution < 1.29 is 23.1 Å². The molecule has 1 atom stereocenters. The fourth-order valence-electron chi connectivity index (χ4n) is 4.40. The maximum atomic E-state index is 14.6. The van der Waals surface area contributed by atoms with E-state index in [4.69, 9.17) is 4.74 Å². The molecule has 2 heterocycles. The summed E-state index contributed by atoms with van der Waals surface area (Å²) in [5.41, 5.74) is 1.70. The first-order valence-corrected chi connectivity index (χ1v) is 11.2. The minimum Gasteiger partial charge on any atom is -0.466 e. The van der Waals surface area contributed by atoms with E-state index in [2.05, 4.69) is 5.10 Å². The molecule has 2 aliphatic heterocycles. The van der Waals surface area contributed by atoms with E-state index in [1.165, 1.54) is 23.2 Å². The van der Waals surface area contributed by atoms with Gasteiger partial charge in [-0.3, -0.25) is 14.5 Å². The normalized spacial score (nSPS) is 19.4. The molecule has 1 fully saturated rings. The van der Waals surface area contributed by atoms with Crippen molar-refractivity contribution in [1.82, 2.24) is 9.91 Å². The number of hydrogen-bond acceptors (Lipinski definition) is 5. The van der Waals surface area contributed by atoms with Gasteiger partial charge in [0.15, 0.2) is 0 Å². The number of rotatable bonds is 6. The second-order valence-electron chi connectivity index (χ2n) is 8.34. The highest BCUT2D eigenvalue weighted by Gasteiger charge is 2.36. The number of hydrazone groups is 1. The van der Waals surface area contributed by atoms with Gasteiger partial charge < -0.3 is 4.74 Å². The number of carbonyl (C=O) groups is 2. The van der Waals surface area contributed by atoms with Crippen LogP contribution in [0, 0.1) is 17.6 Å². The summed E-state index contributed by atoms with van der Waals surface area (Å²) in [6.45, 7) is 3.47. The monoisotopic (exact) mass is 455 g/mol. The summed E-state index contributed by atoms with van der Waals surface area (Å²) < 4.78 is 33.1. The van der Waals surface area contributed by atoms with Gasteiger partial charge in [0, 0.05) is 12.0 Å². The molecule has 2 aromatic rings. The zero-order valence-electron chi connectivity index (χ0n) is 18.5. The summed E-state index contributed by atoms with van der Waals surface area (Å²) >= 11 is 0. The molecule has 33 heavy (non-hydrogen) atoms. The number of likely N-dealkylation sites (tertiary alicyclic amines) is 1. The van der Waals surface area contributed by atoms with Crippen LogP contribution in [-0.4, -0.2) is 53.7 Å². The van der Waals surface area contributed by atoms with Crippen LogP contribution in [0.5, 0.6) is 0 Å². The Morgan fingerprint density at radius 3 is 2.42 bits per heavy atom. The molecule has 0 N–H and O–H groups in total. The van der Waals surface area contributed by atoms with Crippen molar-refractivity contribution in [2.75, 3.05) is 26.2 Å². The molecule has 8 heteroatoms. The van der Waals surface area contributed by atoms with Crippen molar-refractivity contribution in [3.63, 3.8) is 0 Å². The largest absolute Gasteiger partial charge is 0.466 e.